The molecule has 1 aromatic heterocycles. The fourth-order valence-corrected chi connectivity index (χ4v) is 1.73. The van der Waals surface area contributed by atoms with Crippen molar-refractivity contribution in [3.05, 3.63) is 51.5 Å². The summed E-state index contributed by atoms with van der Waals surface area (Å²) < 4.78 is 14.0. The lowest BCUT2D eigenvalue weighted by atomic mass is 10.2. The fourth-order valence-electron chi connectivity index (χ4n) is 1.37. The van der Waals surface area contributed by atoms with Crippen molar-refractivity contribution in [1.82, 2.24) is 4.98 Å². The summed E-state index contributed by atoms with van der Waals surface area (Å²) in [6.07, 6.45) is 0.974. The predicted octanol–water partition coefficient (Wildman–Crippen LogP) is 3.27. The molecule has 0 amide bonds. The fraction of sp³-hybridized carbons (Fsp3) is 0. The molecule has 0 atom stereocenters. The normalized spacial score (nSPS) is 10.1. The first-order chi connectivity index (χ1) is 8.56. The molecule has 1 aromatic carbocycles. The van der Waals surface area contributed by atoms with Crippen LogP contribution in [0, 0.1) is 9.39 Å². The summed E-state index contributed by atoms with van der Waals surface area (Å²) in [5.41, 5.74) is 0.491. The molecular formula is C12H8FIN2O2. The zero-order chi connectivity index (χ0) is 13.1. The standard InChI is InChI=1S/C12H8FIN2O2/c13-7-5-10(12(17)18)11(15-6-7)16-9-3-1-8(14)2-4-9/h1-6H,(H,15,16)(H,17,18). The molecule has 0 aliphatic carbocycles. The number of pyridine rings is 1. The number of carbonyl (C=O) groups is 1. The number of halogens is 2. The summed E-state index contributed by atoms with van der Waals surface area (Å²) in [7, 11) is 0. The molecule has 0 unspecified atom stereocenters. The van der Waals surface area contributed by atoms with Crippen molar-refractivity contribution in [1.29, 1.82) is 0 Å². The number of anilines is 2. The van der Waals surface area contributed by atoms with Crippen LogP contribution in [-0.2, 0) is 0 Å². The molecule has 18 heavy (non-hydrogen) atoms. The Hall–Kier alpha value is -1.70. The highest BCUT2D eigenvalue weighted by molar-refractivity contribution is 14.1. The van der Waals surface area contributed by atoms with Crippen molar-refractivity contribution < 1.29 is 14.3 Å². The van der Waals surface area contributed by atoms with E-state index in [-0.39, 0.29) is 11.4 Å². The smallest absolute Gasteiger partial charge is 0.339 e. The molecule has 92 valence electrons. The number of hydrogen-bond donors (Lipinski definition) is 2. The number of rotatable bonds is 3. The SMILES string of the molecule is O=C(O)c1cc(F)cnc1Nc1ccc(I)cc1. The van der Waals surface area contributed by atoms with Crippen LogP contribution in [0.15, 0.2) is 36.5 Å². The molecule has 4 nitrogen and oxygen atoms in total. The maximum Gasteiger partial charge on any atom is 0.339 e. The van der Waals surface area contributed by atoms with E-state index in [0.29, 0.717) is 5.69 Å². The maximum atomic E-state index is 12.9. The molecule has 0 saturated heterocycles. The summed E-state index contributed by atoms with van der Waals surface area (Å²) in [4.78, 5) is 14.7. The van der Waals surface area contributed by atoms with E-state index in [9.17, 15) is 9.18 Å². The first kappa shape index (κ1) is 12.7. The molecule has 0 fully saturated rings. The zero-order valence-electron chi connectivity index (χ0n) is 9.02. The Bertz CT molecular complexity index is 587. The number of carboxylic acids is 1. The van der Waals surface area contributed by atoms with E-state index in [0.717, 1.165) is 15.8 Å². The van der Waals surface area contributed by atoms with Gasteiger partial charge in [0, 0.05) is 9.26 Å². The lowest BCUT2D eigenvalue weighted by Gasteiger charge is -2.08. The van der Waals surface area contributed by atoms with Crippen molar-refractivity contribution in [2.45, 2.75) is 0 Å². The van der Waals surface area contributed by atoms with Gasteiger partial charge in [0.1, 0.15) is 17.2 Å². The second-order valence-corrected chi connectivity index (χ2v) is 4.73. The molecule has 0 bridgehead atoms. The summed E-state index contributed by atoms with van der Waals surface area (Å²) >= 11 is 2.16. The third kappa shape index (κ3) is 2.95. The van der Waals surface area contributed by atoms with E-state index < -0.39 is 11.8 Å². The summed E-state index contributed by atoms with van der Waals surface area (Å²) in [5.74, 6) is -1.79. The van der Waals surface area contributed by atoms with Crippen molar-refractivity contribution in [3.8, 4) is 0 Å². The number of carboxylic acid groups (broad SMARTS) is 1. The van der Waals surface area contributed by atoms with Crippen LogP contribution < -0.4 is 5.32 Å². The molecule has 2 N–H and O–H groups in total. The van der Waals surface area contributed by atoms with Gasteiger partial charge in [-0.1, -0.05) is 0 Å². The van der Waals surface area contributed by atoms with E-state index in [1.54, 1.807) is 12.1 Å². The lowest BCUT2D eigenvalue weighted by Crippen LogP contribution is -2.05. The van der Waals surface area contributed by atoms with E-state index in [4.69, 9.17) is 5.11 Å². The Morgan fingerprint density at radius 1 is 1.33 bits per heavy atom. The molecule has 1 heterocycles. The van der Waals surface area contributed by atoms with Crippen LogP contribution >= 0.6 is 22.6 Å². The first-order valence-electron chi connectivity index (χ1n) is 4.97. The van der Waals surface area contributed by atoms with Crippen LogP contribution in [0.5, 0.6) is 0 Å². The topological polar surface area (TPSA) is 62.2 Å². The van der Waals surface area contributed by atoms with Gasteiger partial charge in [-0.2, -0.15) is 0 Å². The summed E-state index contributed by atoms with van der Waals surface area (Å²) in [6, 6.07) is 8.25. The lowest BCUT2D eigenvalue weighted by molar-refractivity contribution is 0.0697. The van der Waals surface area contributed by atoms with Gasteiger partial charge in [-0.3, -0.25) is 0 Å². The second-order valence-electron chi connectivity index (χ2n) is 3.49. The molecule has 2 aromatic rings. The molecule has 0 aliphatic heterocycles. The number of nitrogens with one attached hydrogen (secondary N) is 1. The minimum Gasteiger partial charge on any atom is -0.478 e. The molecule has 0 radical (unpaired) electrons. The van der Waals surface area contributed by atoms with Crippen LogP contribution in [0.3, 0.4) is 0 Å². The van der Waals surface area contributed by atoms with E-state index in [1.165, 1.54) is 0 Å². The Kier molecular flexibility index (Phi) is 3.75. The third-order valence-electron chi connectivity index (χ3n) is 2.19. The zero-order valence-corrected chi connectivity index (χ0v) is 11.2. The first-order valence-corrected chi connectivity index (χ1v) is 6.05. The molecule has 0 aliphatic rings. The van der Waals surface area contributed by atoms with Crippen molar-refractivity contribution in [2.24, 2.45) is 0 Å². The Balaban J connectivity index is 2.34. The number of benzene rings is 1. The summed E-state index contributed by atoms with van der Waals surface area (Å²) in [6.45, 7) is 0. The van der Waals surface area contributed by atoms with Crippen LogP contribution in [0.2, 0.25) is 0 Å². The largest absolute Gasteiger partial charge is 0.478 e. The number of aromatic carboxylic acids is 1. The van der Waals surface area contributed by atoms with Gasteiger partial charge in [0.2, 0.25) is 0 Å². The van der Waals surface area contributed by atoms with Gasteiger partial charge < -0.3 is 10.4 Å². The van der Waals surface area contributed by atoms with Crippen molar-refractivity contribution in [2.75, 3.05) is 5.32 Å². The van der Waals surface area contributed by atoms with Gasteiger partial charge in [-0.25, -0.2) is 14.2 Å². The van der Waals surface area contributed by atoms with E-state index in [2.05, 4.69) is 32.9 Å². The number of nitrogens with zero attached hydrogens (tertiary/aromatic N) is 1. The highest BCUT2D eigenvalue weighted by atomic mass is 127. The predicted molar refractivity (Wildman–Crippen MR) is 73.6 cm³/mol. The van der Waals surface area contributed by atoms with Gasteiger partial charge in [0.25, 0.3) is 0 Å². The van der Waals surface area contributed by atoms with Crippen molar-refractivity contribution in [3.63, 3.8) is 0 Å². The molecule has 0 spiro atoms. The molecule has 2 rings (SSSR count). The Labute approximate surface area is 116 Å². The van der Waals surface area contributed by atoms with E-state index in [1.807, 2.05) is 12.1 Å². The van der Waals surface area contributed by atoms with Crippen LogP contribution in [0.25, 0.3) is 0 Å². The van der Waals surface area contributed by atoms with Gasteiger partial charge >= 0.3 is 5.97 Å². The maximum absolute atomic E-state index is 12.9. The average molecular weight is 358 g/mol. The van der Waals surface area contributed by atoms with Crippen LogP contribution in [0.4, 0.5) is 15.9 Å². The average Bonchev–Trinajstić information content (AvgIpc) is 2.34. The van der Waals surface area contributed by atoms with Crippen LogP contribution in [0.1, 0.15) is 10.4 Å². The second kappa shape index (κ2) is 5.30. The van der Waals surface area contributed by atoms with Crippen LogP contribution in [-0.4, -0.2) is 16.1 Å². The Morgan fingerprint density at radius 2 is 2.00 bits per heavy atom. The Morgan fingerprint density at radius 3 is 2.61 bits per heavy atom. The minimum atomic E-state index is -1.23. The number of hydrogen-bond acceptors (Lipinski definition) is 3. The highest BCUT2D eigenvalue weighted by Gasteiger charge is 2.12. The quantitative estimate of drug-likeness (QED) is 0.827. The molecular weight excluding hydrogens is 350 g/mol. The monoisotopic (exact) mass is 358 g/mol. The van der Waals surface area contributed by atoms with Gasteiger partial charge in [-0.05, 0) is 52.9 Å². The third-order valence-corrected chi connectivity index (χ3v) is 2.91. The number of aromatic nitrogens is 1. The van der Waals surface area contributed by atoms with Gasteiger partial charge in [-0.15, -0.1) is 0 Å². The minimum absolute atomic E-state index is 0.116. The molecule has 6 heteroatoms. The van der Waals surface area contributed by atoms with Crippen molar-refractivity contribution >= 4 is 40.1 Å². The van der Waals surface area contributed by atoms with Gasteiger partial charge in [0.05, 0.1) is 6.20 Å². The van der Waals surface area contributed by atoms with Gasteiger partial charge in [0.15, 0.2) is 0 Å². The van der Waals surface area contributed by atoms with E-state index >= 15 is 0 Å². The summed E-state index contributed by atoms with van der Waals surface area (Å²) in [5, 5.41) is 11.8. The highest BCUT2D eigenvalue weighted by Crippen LogP contribution is 2.20. The molecule has 0 saturated carbocycles.